The van der Waals surface area contributed by atoms with E-state index in [2.05, 4.69) is 10.6 Å². The maximum absolute atomic E-state index is 12.1. The van der Waals surface area contributed by atoms with E-state index in [9.17, 15) is 4.79 Å². The Balaban J connectivity index is 1.39. The topological polar surface area (TPSA) is 89.5 Å². The van der Waals surface area contributed by atoms with Gasteiger partial charge in [-0.05, 0) is 35.4 Å². The van der Waals surface area contributed by atoms with Gasteiger partial charge in [0.2, 0.25) is 0 Å². The first-order valence-corrected chi connectivity index (χ1v) is 9.25. The summed E-state index contributed by atoms with van der Waals surface area (Å²) in [5.74, 6) is -0.0173. The molecule has 1 unspecified atom stereocenters. The van der Waals surface area contributed by atoms with Crippen LogP contribution in [0.4, 0.5) is 5.69 Å². The van der Waals surface area contributed by atoms with E-state index in [4.69, 9.17) is 14.9 Å². The van der Waals surface area contributed by atoms with E-state index >= 15 is 0 Å². The number of carbonyl (C=O) groups is 1. The van der Waals surface area contributed by atoms with Crippen LogP contribution in [0.15, 0.2) is 77.4 Å². The quantitative estimate of drug-likeness (QED) is 0.470. The van der Waals surface area contributed by atoms with Crippen molar-refractivity contribution in [1.82, 2.24) is 5.32 Å². The molecule has 28 heavy (non-hydrogen) atoms. The minimum atomic E-state index is -0.288. The van der Waals surface area contributed by atoms with Gasteiger partial charge < -0.3 is 25.5 Å². The van der Waals surface area contributed by atoms with Crippen LogP contribution in [0.1, 0.15) is 27.7 Å². The summed E-state index contributed by atoms with van der Waals surface area (Å²) >= 11 is 0. The van der Waals surface area contributed by atoms with E-state index in [1.807, 2.05) is 54.6 Å². The lowest BCUT2D eigenvalue weighted by Gasteiger charge is -2.15. The van der Waals surface area contributed by atoms with E-state index in [0.717, 1.165) is 17.7 Å². The number of nitrogens with one attached hydrogen (secondary N) is 2. The summed E-state index contributed by atoms with van der Waals surface area (Å²) in [4.78, 5) is 12.1. The summed E-state index contributed by atoms with van der Waals surface area (Å²) in [7, 11) is 0. The minimum absolute atomic E-state index is 0.186. The number of hydrogen-bond acceptors (Lipinski definition) is 5. The fourth-order valence-electron chi connectivity index (χ4n) is 2.73. The molecule has 3 rings (SSSR count). The molecule has 0 aliphatic rings. The number of amides is 1. The first kappa shape index (κ1) is 19.8. The molecule has 1 amide bonds. The number of ether oxygens (including phenoxy) is 1. The third-order valence-electron chi connectivity index (χ3n) is 4.22. The first-order chi connectivity index (χ1) is 13.7. The van der Waals surface area contributed by atoms with Gasteiger partial charge in [-0.1, -0.05) is 42.5 Å². The Bertz CT molecular complexity index is 850. The SMILES string of the molecule is NC(CNCCOCc1ccccc1)c1cccc(NC(=O)c2ccco2)c1. The van der Waals surface area contributed by atoms with E-state index in [1.54, 1.807) is 12.1 Å². The van der Waals surface area contributed by atoms with Gasteiger partial charge in [-0.2, -0.15) is 0 Å². The normalized spacial score (nSPS) is 11.9. The van der Waals surface area contributed by atoms with Gasteiger partial charge in [-0.3, -0.25) is 4.79 Å². The lowest BCUT2D eigenvalue weighted by Crippen LogP contribution is -2.29. The summed E-state index contributed by atoms with van der Waals surface area (Å²) < 4.78 is 10.7. The summed E-state index contributed by atoms with van der Waals surface area (Å²) in [5, 5.41) is 6.11. The molecule has 4 N–H and O–H groups in total. The molecule has 1 aromatic heterocycles. The van der Waals surface area contributed by atoms with Gasteiger partial charge in [0.1, 0.15) is 0 Å². The minimum Gasteiger partial charge on any atom is -0.459 e. The van der Waals surface area contributed by atoms with Crippen molar-refractivity contribution in [2.75, 3.05) is 25.0 Å². The van der Waals surface area contributed by atoms with E-state index in [-0.39, 0.29) is 17.7 Å². The van der Waals surface area contributed by atoms with Crippen LogP contribution in [0.2, 0.25) is 0 Å². The number of nitrogens with two attached hydrogens (primary N) is 1. The van der Waals surface area contributed by atoms with Crippen molar-refractivity contribution in [2.24, 2.45) is 5.73 Å². The van der Waals surface area contributed by atoms with E-state index < -0.39 is 0 Å². The standard InChI is InChI=1S/C22H25N3O3/c23-20(15-24-11-13-27-16-17-6-2-1-3-7-17)18-8-4-9-19(14-18)25-22(26)21-10-5-12-28-21/h1-10,12,14,20,24H,11,13,15-16,23H2,(H,25,26). The van der Waals surface area contributed by atoms with Crippen LogP contribution in [0.5, 0.6) is 0 Å². The number of furan rings is 1. The molecular weight excluding hydrogens is 354 g/mol. The summed E-state index contributed by atoms with van der Waals surface area (Å²) in [6.07, 6.45) is 1.47. The molecule has 2 aromatic carbocycles. The number of rotatable bonds is 10. The van der Waals surface area contributed by atoms with Crippen LogP contribution in [-0.4, -0.2) is 25.6 Å². The molecule has 0 radical (unpaired) electrons. The summed E-state index contributed by atoms with van der Waals surface area (Å²) in [5.41, 5.74) is 9.04. The Morgan fingerprint density at radius 2 is 1.93 bits per heavy atom. The number of hydrogen-bond donors (Lipinski definition) is 3. The molecule has 0 fully saturated rings. The highest BCUT2D eigenvalue weighted by atomic mass is 16.5. The van der Waals surface area contributed by atoms with Crippen molar-refractivity contribution >= 4 is 11.6 Å². The smallest absolute Gasteiger partial charge is 0.291 e. The number of benzene rings is 2. The molecule has 6 heteroatoms. The van der Waals surface area contributed by atoms with Crippen LogP contribution in [0.25, 0.3) is 0 Å². The summed E-state index contributed by atoms with van der Waals surface area (Å²) in [6, 6.07) is 20.7. The highest BCUT2D eigenvalue weighted by molar-refractivity contribution is 6.02. The fourth-order valence-corrected chi connectivity index (χ4v) is 2.73. The monoisotopic (exact) mass is 379 g/mol. The highest BCUT2D eigenvalue weighted by Gasteiger charge is 2.11. The first-order valence-electron chi connectivity index (χ1n) is 9.25. The molecule has 0 saturated heterocycles. The molecule has 1 atom stereocenters. The van der Waals surface area contributed by atoms with Gasteiger partial charge in [0.15, 0.2) is 5.76 Å². The molecule has 1 heterocycles. The van der Waals surface area contributed by atoms with Crippen molar-refractivity contribution in [3.8, 4) is 0 Å². The molecule has 0 spiro atoms. The molecule has 0 aliphatic heterocycles. The van der Waals surface area contributed by atoms with Gasteiger partial charge in [-0.25, -0.2) is 0 Å². The second-order valence-corrected chi connectivity index (χ2v) is 6.41. The maximum Gasteiger partial charge on any atom is 0.291 e. The Morgan fingerprint density at radius 3 is 2.71 bits per heavy atom. The fraction of sp³-hybridized carbons (Fsp3) is 0.227. The Kier molecular flexibility index (Phi) is 7.37. The lowest BCUT2D eigenvalue weighted by molar-refractivity contribution is 0.0996. The molecule has 146 valence electrons. The molecule has 0 saturated carbocycles. The highest BCUT2D eigenvalue weighted by Crippen LogP contribution is 2.17. The van der Waals surface area contributed by atoms with Crippen molar-refractivity contribution in [3.05, 3.63) is 89.9 Å². The van der Waals surface area contributed by atoms with Gasteiger partial charge in [0.05, 0.1) is 19.5 Å². The predicted molar refractivity (Wildman–Crippen MR) is 109 cm³/mol. The van der Waals surface area contributed by atoms with Gasteiger partial charge in [0, 0.05) is 24.8 Å². The van der Waals surface area contributed by atoms with Crippen LogP contribution in [0.3, 0.4) is 0 Å². The third-order valence-corrected chi connectivity index (χ3v) is 4.22. The van der Waals surface area contributed by atoms with Crippen molar-refractivity contribution in [1.29, 1.82) is 0 Å². The third kappa shape index (κ3) is 6.06. The van der Waals surface area contributed by atoms with Crippen LogP contribution < -0.4 is 16.4 Å². The van der Waals surface area contributed by atoms with Crippen LogP contribution >= 0.6 is 0 Å². The average Bonchev–Trinajstić information content (AvgIpc) is 3.26. The molecule has 3 aromatic rings. The largest absolute Gasteiger partial charge is 0.459 e. The number of carbonyl (C=O) groups excluding carboxylic acids is 1. The van der Waals surface area contributed by atoms with Gasteiger partial charge >= 0.3 is 0 Å². The number of anilines is 1. The van der Waals surface area contributed by atoms with Crippen molar-refractivity contribution < 1.29 is 13.9 Å². The Labute approximate surface area is 164 Å². The maximum atomic E-state index is 12.1. The lowest BCUT2D eigenvalue weighted by atomic mass is 10.1. The zero-order valence-corrected chi connectivity index (χ0v) is 15.6. The van der Waals surface area contributed by atoms with E-state index in [0.29, 0.717) is 25.4 Å². The van der Waals surface area contributed by atoms with Crippen LogP contribution in [-0.2, 0) is 11.3 Å². The van der Waals surface area contributed by atoms with Gasteiger partial charge in [0.25, 0.3) is 5.91 Å². The second-order valence-electron chi connectivity index (χ2n) is 6.41. The van der Waals surface area contributed by atoms with Crippen LogP contribution in [0, 0.1) is 0 Å². The predicted octanol–water partition coefficient (Wildman–Crippen LogP) is 3.34. The van der Waals surface area contributed by atoms with E-state index in [1.165, 1.54) is 6.26 Å². The van der Waals surface area contributed by atoms with Gasteiger partial charge in [-0.15, -0.1) is 0 Å². The van der Waals surface area contributed by atoms with Crippen molar-refractivity contribution in [3.63, 3.8) is 0 Å². The molecule has 0 bridgehead atoms. The Hall–Kier alpha value is -2.93. The zero-order valence-electron chi connectivity index (χ0n) is 15.6. The summed E-state index contributed by atoms with van der Waals surface area (Å²) in [6.45, 7) is 2.55. The van der Waals surface area contributed by atoms with Crippen molar-refractivity contribution in [2.45, 2.75) is 12.6 Å². The molecular formula is C22H25N3O3. The average molecular weight is 379 g/mol. The molecule has 6 nitrogen and oxygen atoms in total. The Morgan fingerprint density at radius 1 is 1.07 bits per heavy atom. The zero-order chi connectivity index (χ0) is 19.6. The molecule has 0 aliphatic carbocycles. The second kappa shape index (κ2) is 10.4.